The minimum atomic E-state index is 0.0211. The molecule has 2 aromatic carbocycles. The van der Waals surface area contributed by atoms with Crippen LogP contribution < -0.4 is 5.56 Å². The molecular weight excluding hydrogens is 316 g/mol. The highest BCUT2D eigenvalue weighted by Gasteiger charge is 2.12. The van der Waals surface area contributed by atoms with Crippen molar-refractivity contribution in [3.05, 3.63) is 87.8 Å². The predicted molar refractivity (Wildman–Crippen MR) is 99.6 cm³/mol. The first-order valence-electron chi connectivity index (χ1n) is 7.80. The van der Waals surface area contributed by atoms with Gasteiger partial charge < -0.3 is 0 Å². The van der Waals surface area contributed by atoms with Gasteiger partial charge in [0.2, 0.25) is 0 Å². The molecule has 0 amide bonds. The molecule has 0 aliphatic heterocycles. The van der Waals surface area contributed by atoms with Crippen molar-refractivity contribution in [2.75, 3.05) is 0 Å². The van der Waals surface area contributed by atoms with E-state index < -0.39 is 0 Å². The van der Waals surface area contributed by atoms with Crippen LogP contribution in [0.3, 0.4) is 0 Å². The molecule has 0 fully saturated rings. The largest absolute Gasteiger partial charge is 0.294 e. The van der Waals surface area contributed by atoms with Gasteiger partial charge in [-0.25, -0.2) is 4.98 Å². The van der Waals surface area contributed by atoms with Crippen molar-refractivity contribution in [3.63, 3.8) is 0 Å². The average molecular weight is 332 g/mol. The summed E-state index contributed by atoms with van der Waals surface area (Å²) < 4.78 is 2.39. The van der Waals surface area contributed by atoms with Gasteiger partial charge >= 0.3 is 0 Å². The Kier molecular flexibility index (Phi) is 3.75. The molecule has 0 radical (unpaired) electrons. The van der Waals surface area contributed by atoms with Gasteiger partial charge in [0.25, 0.3) is 5.56 Å². The van der Waals surface area contributed by atoms with Crippen LogP contribution in [-0.2, 0) is 6.54 Å². The number of thiophene rings is 1. The standard InChI is InChI=1S/C20H16N2OS/c1-14-7-9-15(10-8-14)11-22-13-21-18-17(12-24-19(18)20(22)23)16-5-3-2-4-6-16/h2-10,12-13H,11H2,1H3. The zero-order valence-electron chi connectivity index (χ0n) is 13.3. The van der Waals surface area contributed by atoms with Crippen LogP contribution in [0.1, 0.15) is 11.1 Å². The maximum absolute atomic E-state index is 12.8. The van der Waals surface area contributed by atoms with Crippen LogP contribution in [0.2, 0.25) is 0 Å². The van der Waals surface area contributed by atoms with Crippen molar-refractivity contribution in [2.24, 2.45) is 0 Å². The van der Waals surface area contributed by atoms with Crippen LogP contribution in [0.5, 0.6) is 0 Å². The van der Waals surface area contributed by atoms with E-state index in [1.165, 1.54) is 16.9 Å². The highest BCUT2D eigenvalue weighted by molar-refractivity contribution is 7.17. The molecule has 2 aromatic heterocycles. The van der Waals surface area contributed by atoms with E-state index in [1.54, 1.807) is 10.9 Å². The summed E-state index contributed by atoms with van der Waals surface area (Å²) in [6.45, 7) is 2.60. The third-order valence-electron chi connectivity index (χ3n) is 4.10. The van der Waals surface area contributed by atoms with Crippen molar-refractivity contribution < 1.29 is 0 Å². The third-order valence-corrected chi connectivity index (χ3v) is 5.06. The summed E-state index contributed by atoms with van der Waals surface area (Å²) in [5, 5.41) is 2.02. The number of aryl methyl sites for hydroxylation is 1. The molecule has 4 aromatic rings. The number of aromatic nitrogens is 2. The van der Waals surface area contributed by atoms with E-state index in [9.17, 15) is 4.79 Å². The summed E-state index contributed by atoms with van der Waals surface area (Å²) >= 11 is 1.47. The fourth-order valence-electron chi connectivity index (χ4n) is 2.77. The Labute approximate surface area is 143 Å². The molecule has 3 nitrogen and oxygen atoms in total. The number of benzene rings is 2. The van der Waals surface area contributed by atoms with Gasteiger partial charge in [-0.2, -0.15) is 0 Å². The Morgan fingerprint density at radius 1 is 1.04 bits per heavy atom. The van der Waals surface area contributed by atoms with Gasteiger partial charge in [0, 0.05) is 10.9 Å². The van der Waals surface area contributed by atoms with E-state index in [0.717, 1.165) is 22.2 Å². The van der Waals surface area contributed by atoms with Crippen LogP contribution in [0, 0.1) is 6.92 Å². The number of rotatable bonds is 3. The summed E-state index contributed by atoms with van der Waals surface area (Å²) in [4.78, 5) is 17.3. The number of fused-ring (bicyclic) bond motifs is 1. The number of nitrogens with zero attached hydrogens (tertiary/aromatic N) is 2. The molecular formula is C20H16N2OS. The first-order chi connectivity index (χ1) is 11.7. The van der Waals surface area contributed by atoms with Crippen LogP contribution >= 0.6 is 11.3 Å². The molecule has 0 atom stereocenters. The molecule has 4 rings (SSSR count). The summed E-state index contributed by atoms with van der Waals surface area (Å²) in [5.41, 5.74) is 5.24. The van der Waals surface area contributed by atoms with Crippen molar-refractivity contribution in [2.45, 2.75) is 13.5 Å². The molecule has 0 spiro atoms. The fourth-order valence-corrected chi connectivity index (χ4v) is 3.74. The topological polar surface area (TPSA) is 34.9 Å². The first-order valence-corrected chi connectivity index (χ1v) is 8.68. The first kappa shape index (κ1) is 14.8. The van der Waals surface area contributed by atoms with Gasteiger partial charge in [0.1, 0.15) is 4.70 Å². The van der Waals surface area contributed by atoms with Crippen molar-refractivity contribution in [1.29, 1.82) is 0 Å². The van der Waals surface area contributed by atoms with E-state index in [4.69, 9.17) is 0 Å². The molecule has 0 saturated heterocycles. The van der Waals surface area contributed by atoms with E-state index in [-0.39, 0.29) is 5.56 Å². The highest BCUT2D eigenvalue weighted by atomic mass is 32.1. The lowest BCUT2D eigenvalue weighted by Gasteiger charge is -2.06. The molecule has 0 aliphatic rings. The van der Waals surface area contributed by atoms with Crippen molar-refractivity contribution >= 4 is 21.6 Å². The molecule has 0 unspecified atom stereocenters. The van der Waals surface area contributed by atoms with Crippen LogP contribution in [0.4, 0.5) is 0 Å². The van der Waals surface area contributed by atoms with Crippen LogP contribution in [0.25, 0.3) is 21.3 Å². The SMILES string of the molecule is Cc1ccc(Cn2cnc3c(-c4ccccc4)csc3c2=O)cc1. The lowest BCUT2D eigenvalue weighted by atomic mass is 10.1. The predicted octanol–water partition coefficient (Wildman–Crippen LogP) is 4.48. The van der Waals surface area contributed by atoms with Gasteiger partial charge in [-0.05, 0) is 18.1 Å². The molecule has 0 saturated carbocycles. The highest BCUT2D eigenvalue weighted by Crippen LogP contribution is 2.30. The van der Waals surface area contributed by atoms with Gasteiger partial charge in [-0.15, -0.1) is 11.3 Å². The van der Waals surface area contributed by atoms with E-state index in [2.05, 4.69) is 36.2 Å². The van der Waals surface area contributed by atoms with Crippen LogP contribution in [0.15, 0.2) is 71.1 Å². The number of hydrogen-bond donors (Lipinski definition) is 0. The average Bonchev–Trinajstić information content (AvgIpc) is 3.05. The molecule has 24 heavy (non-hydrogen) atoms. The molecule has 0 bridgehead atoms. The lowest BCUT2D eigenvalue weighted by Crippen LogP contribution is -2.20. The van der Waals surface area contributed by atoms with Crippen LogP contribution in [-0.4, -0.2) is 9.55 Å². The molecule has 4 heteroatoms. The quantitative estimate of drug-likeness (QED) is 0.554. The van der Waals surface area contributed by atoms with E-state index in [1.807, 2.05) is 35.7 Å². The second-order valence-electron chi connectivity index (χ2n) is 5.86. The smallest absolute Gasteiger partial charge is 0.271 e. The van der Waals surface area contributed by atoms with Gasteiger partial charge in [-0.3, -0.25) is 9.36 Å². The second kappa shape index (κ2) is 6.06. The second-order valence-corrected chi connectivity index (χ2v) is 6.74. The summed E-state index contributed by atoms with van der Waals surface area (Å²) in [6, 6.07) is 18.3. The fraction of sp³-hybridized carbons (Fsp3) is 0.100. The zero-order chi connectivity index (χ0) is 16.5. The van der Waals surface area contributed by atoms with Crippen molar-refractivity contribution in [1.82, 2.24) is 9.55 Å². The summed E-state index contributed by atoms with van der Waals surface area (Å²) in [6.07, 6.45) is 1.66. The number of hydrogen-bond acceptors (Lipinski definition) is 3. The Morgan fingerprint density at radius 3 is 2.54 bits per heavy atom. The monoisotopic (exact) mass is 332 g/mol. The Bertz CT molecular complexity index is 1050. The Morgan fingerprint density at radius 2 is 1.79 bits per heavy atom. The summed E-state index contributed by atoms with van der Waals surface area (Å²) in [7, 11) is 0. The molecule has 0 aliphatic carbocycles. The zero-order valence-corrected chi connectivity index (χ0v) is 14.1. The lowest BCUT2D eigenvalue weighted by molar-refractivity contribution is 0.750. The van der Waals surface area contributed by atoms with Gasteiger partial charge in [-0.1, -0.05) is 60.2 Å². The molecule has 0 N–H and O–H groups in total. The Hall–Kier alpha value is -2.72. The maximum Gasteiger partial charge on any atom is 0.271 e. The normalized spacial score (nSPS) is 11.0. The Balaban J connectivity index is 1.77. The molecule has 2 heterocycles. The maximum atomic E-state index is 12.8. The summed E-state index contributed by atoms with van der Waals surface area (Å²) in [5.74, 6) is 0. The minimum Gasteiger partial charge on any atom is -0.294 e. The minimum absolute atomic E-state index is 0.0211. The van der Waals surface area contributed by atoms with E-state index in [0.29, 0.717) is 11.2 Å². The van der Waals surface area contributed by atoms with Crippen molar-refractivity contribution in [3.8, 4) is 11.1 Å². The molecule has 118 valence electrons. The van der Waals surface area contributed by atoms with E-state index >= 15 is 0 Å². The van der Waals surface area contributed by atoms with Gasteiger partial charge in [0.15, 0.2) is 0 Å². The third kappa shape index (κ3) is 2.65. The van der Waals surface area contributed by atoms with Gasteiger partial charge in [0.05, 0.1) is 18.4 Å².